The Bertz CT molecular complexity index is 932. The van der Waals surface area contributed by atoms with E-state index in [1.165, 1.54) is 11.0 Å². The maximum atomic E-state index is 12.6. The van der Waals surface area contributed by atoms with Gasteiger partial charge in [-0.05, 0) is 29.8 Å². The number of rotatable bonds is 5. The normalized spacial score (nSPS) is 15.4. The number of aromatic hydroxyl groups is 1. The SMILES string of the molecule is O=C(CN1C(=O)/C(=C/c2cc(Br)ccc2O)SC1=S)NCc1ccccc1. The van der Waals surface area contributed by atoms with Crippen molar-refractivity contribution in [2.75, 3.05) is 6.54 Å². The Hall–Kier alpha value is -2.16. The van der Waals surface area contributed by atoms with E-state index in [1.807, 2.05) is 30.3 Å². The second kappa shape index (κ2) is 8.69. The van der Waals surface area contributed by atoms with Crippen molar-refractivity contribution < 1.29 is 14.7 Å². The lowest BCUT2D eigenvalue weighted by molar-refractivity contribution is -0.128. The van der Waals surface area contributed by atoms with Crippen molar-refractivity contribution in [2.24, 2.45) is 0 Å². The molecule has 2 N–H and O–H groups in total. The molecular weight excluding hydrogens is 448 g/mol. The van der Waals surface area contributed by atoms with Crippen LogP contribution in [0.15, 0.2) is 57.9 Å². The van der Waals surface area contributed by atoms with Crippen LogP contribution in [0.1, 0.15) is 11.1 Å². The minimum atomic E-state index is -0.348. The highest BCUT2D eigenvalue weighted by Crippen LogP contribution is 2.34. The van der Waals surface area contributed by atoms with E-state index in [2.05, 4.69) is 21.2 Å². The Labute approximate surface area is 174 Å². The first kappa shape index (κ1) is 19.6. The molecule has 5 nitrogen and oxygen atoms in total. The van der Waals surface area contributed by atoms with Gasteiger partial charge in [0.15, 0.2) is 0 Å². The van der Waals surface area contributed by atoms with Crippen LogP contribution in [0.3, 0.4) is 0 Å². The number of nitrogens with one attached hydrogen (secondary N) is 1. The minimum absolute atomic E-state index is 0.0593. The van der Waals surface area contributed by atoms with Crippen molar-refractivity contribution in [3.05, 3.63) is 69.0 Å². The predicted octanol–water partition coefficient (Wildman–Crippen LogP) is 3.67. The van der Waals surface area contributed by atoms with E-state index < -0.39 is 0 Å². The topological polar surface area (TPSA) is 69.6 Å². The van der Waals surface area contributed by atoms with Gasteiger partial charge in [-0.25, -0.2) is 0 Å². The van der Waals surface area contributed by atoms with Crippen LogP contribution in [-0.2, 0) is 16.1 Å². The maximum Gasteiger partial charge on any atom is 0.266 e. The highest BCUT2D eigenvalue weighted by Gasteiger charge is 2.33. The zero-order chi connectivity index (χ0) is 19.4. The van der Waals surface area contributed by atoms with E-state index in [9.17, 15) is 14.7 Å². The average molecular weight is 463 g/mol. The van der Waals surface area contributed by atoms with Gasteiger partial charge in [0.1, 0.15) is 16.6 Å². The van der Waals surface area contributed by atoms with Crippen molar-refractivity contribution in [3.63, 3.8) is 0 Å². The summed E-state index contributed by atoms with van der Waals surface area (Å²) in [5, 5.41) is 12.7. The van der Waals surface area contributed by atoms with Gasteiger partial charge < -0.3 is 10.4 Å². The second-order valence-corrected chi connectivity index (χ2v) is 8.32. The summed E-state index contributed by atoms with van der Waals surface area (Å²) in [5.74, 6) is -0.579. The molecule has 0 aromatic heterocycles. The molecule has 1 saturated heterocycles. The lowest BCUT2D eigenvalue weighted by atomic mass is 10.2. The predicted molar refractivity (Wildman–Crippen MR) is 114 cm³/mol. The molecule has 0 radical (unpaired) electrons. The first-order chi connectivity index (χ1) is 12.9. The zero-order valence-corrected chi connectivity index (χ0v) is 17.2. The number of hydrogen-bond donors (Lipinski definition) is 2. The first-order valence-corrected chi connectivity index (χ1v) is 10.0. The third-order valence-electron chi connectivity index (χ3n) is 3.78. The molecule has 0 saturated carbocycles. The lowest BCUT2D eigenvalue weighted by Gasteiger charge is -2.14. The summed E-state index contributed by atoms with van der Waals surface area (Å²) < 4.78 is 1.10. The van der Waals surface area contributed by atoms with Gasteiger partial charge in [0, 0.05) is 16.6 Å². The number of benzene rings is 2. The maximum absolute atomic E-state index is 12.6. The molecule has 3 rings (SSSR count). The molecule has 138 valence electrons. The molecule has 2 aromatic rings. The van der Waals surface area contributed by atoms with Crippen molar-refractivity contribution in [1.82, 2.24) is 10.2 Å². The fraction of sp³-hybridized carbons (Fsp3) is 0.105. The van der Waals surface area contributed by atoms with Crippen LogP contribution in [0.4, 0.5) is 0 Å². The van der Waals surface area contributed by atoms with Crippen molar-refractivity contribution in [2.45, 2.75) is 6.54 Å². The van der Waals surface area contributed by atoms with Gasteiger partial charge in [0.05, 0.1) is 4.91 Å². The largest absolute Gasteiger partial charge is 0.507 e. The van der Waals surface area contributed by atoms with E-state index >= 15 is 0 Å². The number of nitrogens with zero attached hydrogens (tertiary/aromatic N) is 1. The summed E-state index contributed by atoms with van der Waals surface area (Å²) in [5.41, 5.74) is 1.47. The summed E-state index contributed by atoms with van der Waals surface area (Å²) >= 11 is 9.68. The third-order valence-corrected chi connectivity index (χ3v) is 5.66. The monoisotopic (exact) mass is 462 g/mol. The molecule has 0 bridgehead atoms. The molecular formula is C19H15BrN2O3S2. The number of carbonyl (C=O) groups is 2. The summed E-state index contributed by atoms with van der Waals surface area (Å²) in [6.07, 6.45) is 1.57. The van der Waals surface area contributed by atoms with Crippen LogP contribution >= 0.6 is 39.9 Å². The molecule has 0 spiro atoms. The minimum Gasteiger partial charge on any atom is -0.507 e. The summed E-state index contributed by atoms with van der Waals surface area (Å²) in [7, 11) is 0. The van der Waals surface area contributed by atoms with Crippen molar-refractivity contribution in [1.29, 1.82) is 0 Å². The highest BCUT2D eigenvalue weighted by molar-refractivity contribution is 9.10. The quantitative estimate of drug-likeness (QED) is 0.523. The fourth-order valence-electron chi connectivity index (χ4n) is 2.41. The Morgan fingerprint density at radius 3 is 2.74 bits per heavy atom. The van der Waals surface area contributed by atoms with E-state index in [-0.39, 0.29) is 24.1 Å². The van der Waals surface area contributed by atoms with Gasteiger partial charge >= 0.3 is 0 Å². The number of thiocarbonyl (C=S) groups is 1. The van der Waals surface area contributed by atoms with Crippen LogP contribution in [0, 0.1) is 0 Å². The van der Waals surface area contributed by atoms with Crippen LogP contribution in [0.2, 0.25) is 0 Å². The van der Waals surface area contributed by atoms with Gasteiger partial charge in [-0.1, -0.05) is 70.2 Å². The summed E-state index contributed by atoms with van der Waals surface area (Å²) in [6.45, 7) is 0.246. The molecule has 1 aliphatic rings. The molecule has 1 fully saturated rings. The van der Waals surface area contributed by atoms with Crippen molar-refractivity contribution in [3.8, 4) is 5.75 Å². The third kappa shape index (κ3) is 4.97. The standard InChI is InChI=1S/C19H15BrN2O3S2/c20-14-6-7-15(23)13(8-14)9-16-18(25)22(19(26)27-16)11-17(24)21-10-12-4-2-1-3-5-12/h1-9,23H,10-11H2,(H,21,24)/b16-9-. The van der Waals surface area contributed by atoms with Gasteiger partial charge in [-0.3, -0.25) is 14.5 Å². The molecule has 0 atom stereocenters. The number of carbonyl (C=O) groups excluding carboxylic acids is 2. The van der Waals surface area contributed by atoms with Gasteiger partial charge in [0.2, 0.25) is 5.91 Å². The first-order valence-electron chi connectivity index (χ1n) is 7.98. The fourth-order valence-corrected chi connectivity index (χ4v) is 4.04. The summed E-state index contributed by atoms with van der Waals surface area (Å²) in [4.78, 5) is 26.4. The van der Waals surface area contributed by atoms with Crippen LogP contribution < -0.4 is 5.32 Å². The number of phenolic OH excluding ortho intramolecular Hbond substituents is 1. The van der Waals surface area contributed by atoms with Crippen LogP contribution in [-0.4, -0.2) is 32.7 Å². The highest BCUT2D eigenvalue weighted by atomic mass is 79.9. The number of halogens is 1. The zero-order valence-electron chi connectivity index (χ0n) is 14.0. The lowest BCUT2D eigenvalue weighted by Crippen LogP contribution is -2.39. The van der Waals surface area contributed by atoms with E-state index in [0.717, 1.165) is 21.8 Å². The van der Waals surface area contributed by atoms with Crippen LogP contribution in [0.25, 0.3) is 6.08 Å². The average Bonchev–Trinajstić information content (AvgIpc) is 2.91. The molecule has 1 heterocycles. The molecule has 8 heteroatoms. The number of amides is 2. The Morgan fingerprint density at radius 1 is 1.26 bits per heavy atom. The van der Waals surface area contributed by atoms with Crippen molar-refractivity contribution >= 4 is 62.1 Å². The van der Waals surface area contributed by atoms with E-state index in [4.69, 9.17) is 12.2 Å². The molecule has 2 aromatic carbocycles. The molecule has 27 heavy (non-hydrogen) atoms. The van der Waals surface area contributed by atoms with Crippen LogP contribution in [0.5, 0.6) is 5.75 Å². The Kier molecular flexibility index (Phi) is 6.30. The number of thioether (sulfide) groups is 1. The number of phenols is 1. The molecule has 1 aliphatic heterocycles. The van der Waals surface area contributed by atoms with Gasteiger partial charge in [-0.15, -0.1) is 0 Å². The Morgan fingerprint density at radius 2 is 2.00 bits per heavy atom. The van der Waals surface area contributed by atoms with Gasteiger partial charge in [-0.2, -0.15) is 0 Å². The van der Waals surface area contributed by atoms with Gasteiger partial charge in [0.25, 0.3) is 5.91 Å². The molecule has 2 amide bonds. The summed E-state index contributed by atoms with van der Waals surface area (Å²) in [6, 6.07) is 14.5. The number of hydrogen-bond acceptors (Lipinski definition) is 5. The molecule has 0 aliphatic carbocycles. The van der Waals surface area contributed by atoms with E-state index in [0.29, 0.717) is 21.3 Å². The smallest absolute Gasteiger partial charge is 0.266 e. The van der Waals surface area contributed by atoms with E-state index in [1.54, 1.807) is 18.2 Å². The molecule has 0 unspecified atom stereocenters. The second-order valence-electron chi connectivity index (χ2n) is 5.73. The Balaban J connectivity index is 1.66.